The zero-order valence-electron chi connectivity index (χ0n) is 11.3. The summed E-state index contributed by atoms with van der Waals surface area (Å²) in [7, 11) is 1.64. The van der Waals surface area contributed by atoms with E-state index in [1.165, 1.54) is 0 Å². The van der Waals surface area contributed by atoms with Crippen molar-refractivity contribution in [1.82, 2.24) is 5.32 Å². The van der Waals surface area contributed by atoms with Gasteiger partial charge in [-0.1, -0.05) is 13.0 Å². The number of aliphatic hydroxyl groups excluding tert-OH is 2. The molecule has 4 heteroatoms. The van der Waals surface area contributed by atoms with E-state index in [1.807, 2.05) is 32.0 Å². The molecule has 0 amide bonds. The standard InChI is InChI=1S/C14H23NO3/c1-4-12(15-7-8-16)14(17)11-5-6-13(18-3)10(2)9-11/h5-6,9,12,14-17H,4,7-8H2,1-3H3. The minimum atomic E-state index is -0.578. The van der Waals surface area contributed by atoms with Gasteiger partial charge in [-0.25, -0.2) is 0 Å². The Bertz CT molecular complexity index is 368. The van der Waals surface area contributed by atoms with Crippen LogP contribution in [0.3, 0.4) is 0 Å². The van der Waals surface area contributed by atoms with Gasteiger partial charge in [0.1, 0.15) is 5.75 Å². The first-order chi connectivity index (χ1) is 8.63. The lowest BCUT2D eigenvalue weighted by Gasteiger charge is -2.23. The maximum absolute atomic E-state index is 10.3. The molecule has 0 aliphatic carbocycles. The molecule has 1 aromatic carbocycles. The summed E-state index contributed by atoms with van der Waals surface area (Å²) < 4.78 is 5.20. The third-order valence-corrected chi connectivity index (χ3v) is 3.10. The predicted octanol–water partition coefficient (Wildman–Crippen LogP) is 1.40. The molecule has 2 atom stereocenters. The van der Waals surface area contributed by atoms with Crippen molar-refractivity contribution in [3.63, 3.8) is 0 Å². The van der Waals surface area contributed by atoms with Crippen molar-refractivity contribution in [1.29, 1.82) is 0 Å². The number of hydrogen-bond donors (Lipinski definition) is 3. The Labute approximate surface area is 109 Å². The summed E-state index contributed by atoms with van der Waals surface area (Å²) in [6, 6.07) is 5.63. The van der Waals surface area contributed by atoms with Crippen LogP contribution in [-0.2, 0) is 0 Å². The molecule has 1 rings (SSSR count). The third kappa shape index (κ3) is 3.70. The van der Waals surface area contributed by atoms with Crippen LogP contribution < -0.4 is 10.1 Å². The van der Waals surface area contributed by atoms with Gasteiger partial charge < -0.3 is 20.3 Å². The molecule has 3 N–H and O–H groups in total. The maximum Gasteiger partial charge on any atom is 0.121 e. The zero-order chi connectivity index (χ0) is 13.5. The number of methoxy groups -OCH3 is 1. The van der Waals surface area contributed by atoms with Crippen molar-refractivity contribution in [3.8, 4) is 5.75 Å². The second kappa shape index (κ2) is 7.36. The lowest BCUT2D eigenvalue weighted by atomic mass is 9.98. The van der Waals surface area contributed by atoms with Crippen LogP contribution in [0.4, 0.5) is 0 Å². The number of benzene rings is 1. The van der Waals surface area contributed by atoms with Gasteiger partial charge >= 0.3 is 0 Å². The summed E-state index contributed by atoms with van der Waals surface area (Å²) in [4.78, 5) is 0. The van der Waals surface area contributed by atoms with Gasteiger partial charge in [0.25, 0.3) is 0 Å². The van der Waals surface area contributed by atoms with E-state index in [1.54, 1.807) is 7.11 Å². The molecule has 0 aromatic heterocycles. The van der Waals surface area contributed by atoms with Crippen molar-refractivity contribution in [2.24, 2.45) is 0 Å². The lowest BCUT2D eigenvalue weighted by molar-refractivity contribution is 0.122. The second-order valence-electron chi connectivity index (χ2n) is 4.37. The fourth-order valence-corrected chi connectivity index (χ4v) is 2.05. The molecule has 0 aliphatic heterocycles. The van der Waals surface area contributed by atoms with Gasteiger partial charge in [0.15, 0.2) is 0 Å². The van der Waals surface area contributed by atoms with Crippen molar-refractivity contribution >= 4 is 0 Å². The van der Waals surface area contributed by atoms with Crippen LogP contribution in [-0.4, -0.2) is 36.5 Å². The molecule has 0 radical (unpaired) electrons. The van der Waals surface area contributed by atoms with Gasteiger partial charge in [0.05, 0.1) is 19.8 Å². The fourth-order valence-electron chi connectivity index (χ4n) is 2.05. The Hall–Kier alpha value is -1.10. The van der Waals surface area contributed by atoms with Crippen LogP contribution in [0.2, 0.25) is 0 Å². The topological polar surface area (TPSA) is 61.7 Å². The van der Waals surface area contributed by atoms with E-state index in [-0.39, 0.29) is 12.6 Å². The molecule has 18 heavy (non-hydrogen) atoms. The first kappa shape index (κ1) is 15.0. The molecular weight excluding hydrogens is 230 g/mol. The quantitative estimate of drug-likeness (QED) is 0.687. The highest BCUT2D eigenvalue weighted by Gasteiger charge is 2.19. The Morgan fingerprint density at radius 2 is 2.11 bits per heavy atom. The molecular formula is C14H23NO3. The lowest BCUT2D eigenvalue weighted by Crippen LogP contribution is -2.36. The van der Waals surface area contributed by atoms with Gasteiger partial charge in [-0.05, 0) is 36.6 Å². The molecule has 0 spiro atoms. The minimum Gasteiger partial charge on any atom is -0.496 e. The summed E-state index contributed by atoms with van der Waals surface area (Å²) >= 11 is 0. The average molecular weight is 253 g/mol. The second-order valence-corrected chi connectivity index (χ2v) is 4.37. The summed E-state index contributed by atoms with van der Waals surface area (Å²) in [6.45, 7) is 4.53. The number of aliphatic hydroxyl groups is 2. The van der Waals surface area contributed by atoms with Crippen molar-refractivity contribution in [2.75, 3.05) is 20.3 Å². The monoisotopic (exact) mass is 253 g/mol. The number of aryl methyl sites for hydroxylation is 1. The van der Waals surface area contributed by atoms with Gasteiger partial charge in [0, 0.05) is 12.6 Å². The van der Waals surface area contributed by atoms with Gasteiger partial charge in [0.2, 0.25) is 0 Å². The summed E-state index contributed by atoms with van der Waals surface area (Å²) in [5, 5.41) is 22.3. The predicted molar refractivity (Wildman–Crippen MR) is 71.9 cm³/mol. The molecule has 0 bridgehead atoms. The van der Waals surface area contributed by atoms with Gasteiger partial charge in [-0.2, -0.15) is 0 Å². The average Bonchev–Trinajstić information content (AvgIpc) is 2.39. The Morgan fingerprint density at radius 1 is 1.39 bits per heavy atom. The normalized spacial score (nSPS) is 14.3. The molecule has 1 aromatic rings. The Morgan fingerprint density at radius 3 is 2.61 bits per heavy atom. The van der Waals surface area contributed by atoms with E-state index in [4.69, 9.17) is 9.84 Å². The van der Waals surface area contributed by atoms with Gasteiger partial charge in [-0.15, -0.1) is 0 Å². The third-order valence-electron chi connectivity index (χ3n) is 3.10. The van der Waals surface area contributed by atoms with Crippen LogP contribution in [0.1, 0.15) is 30.6 Å². The first-order valence-corrected chi connectivity index (χ1v) is 6.30. The highest BCUT2D eigenvalue weighted by molar-refractivity contribution is 5.37. The van der Waals surface area contributed by atoms with Crippen molar-refractivity contribution in [2.45, 2.75) is 32.4 Å². The Kier molecular flexibility index (Phi) is 6.12. The van der Waals surface area contributed by atoms with E-state index >= 15 is 0 Å². The van der Waals surface area contributed by atoms with E-state index in [9.17, 15) is 5.11 Å². The molecule has 4 nitrogen and oxygen atoms in total. The van der Waals surface area contributed by atoms with E-state index in [2.05, 4.69) is 5.32 Å². The smallest absolute Gasteiger partial charge is 0.121 e. The number of rotatable bonds is 7. The molecule has 0 fully saturated rings. The maximum atomic E-state index is 10.3. The van der Waals surface area contributed by atoms with E-state index in [0.29, 0.717) is 6.54 Å². The summed E-state index contributed by atoms with van der Waals surface area (Å²) in [5.74, 6) is 0.822. The van der Waals surface area contributed by atoms with Crippen LogP contribution >= 0.6 is 0 Å². The van der Waals surface area contributed by atoms with Crippen LogP contribution in [0.5, 0.6) is 5.75 Å². The zero-order valence-corrected chi connectivity index (χ0v) is 11.3. The Balaban J connectivity index is 2.81. The SMILES string of the molecule is CCC(NCCO)C(O)c1ccc(OC)c(C)c1. The van der Waals surface area contributed by atoms with Crippen molar-refractivity contribution < 1.29 is 14.9 Å². The largest absolute Gasteiger partial charge is 0.496 e. The molecule has 0 saturated heterocycles. The molecule has 0 aliphatic rings. The molecule has 0 heterocycles. The number of ether oxygens (including phenoxy) is 1. The van der Waals surface area contributed by atoms with Crippen LogP contribution in [0, 0.1) is 6.92 Å². The first-order valence-electron chi connectivity index (χ1n) is 6.30. The molecule has 0 saturated carbocycles. The molecule has 2 unspecified atom stereocenters. The minimum absolute atomic E-state index is 0.0510. The highest BCUT2D eigenvalue weighted by Crippen LogP contribution is 2.25. The molecule has 102 valence electrons. The highest BCUT2D eigenvalue weighted by atomic mass is 16.5. The summed E-state index contributed by atoms with van der Waals surface area (Å²) in [6.07, 6.45) is 0.220. The van der Waals surface area contributed by atoms with Crippen LogP contribution in [0.25, 0.3) is 0 Å². The number of hydrogen-bond acceptors (Lipinski definition) is 4. The number of nitrogens with one attached hydrogen (secondary N) is 1. The van der Waals surface area contributed by atoms with Crippen molar-refractivity contribution in [3.05, 3.63) is 29.3 Å². The van der Waals surface area contributed by atoms with Crippen LogP contribution in [0.15, 0.2) is 18.2 Å². The van der Waals surface area contributed by atoms with Gasteiger partial charge in [-0.3, -0.25) is 0 Å². The van der Waals surface area contributed by atoms with E-state index < -0.39 is 6.10 Å². The fraction of sp³-hybridized carbons (Fsp3) is 0.571. The van der Waals surface area contributed by atoms with E-state index in [0.717, 1.165) is 23.3 Å². The summed E-state index contributed by atoms with van der Waals surface area (Å²) in [5.41, 5.74) is 1.87.